The summed E-state index contributed by atoms with van der Waals surface area (Å²) in [4.78, 5) is 25.2. The van der Waals surface area contributed by atoms with Gasteiger partial charge in [0.05, 0.1) is 4.90 Å². The molecule has 126 valence electrons. The van der Waals surface area contributed by atoms with Crippen molar-refractivity contribution >= 4 is 21.8 Å². The Kier molecular flexibility index (Phi) is 4.50. The number of amides is 2. The molecule has 1 unspecified atom stereocenters. The molecule has 1 aromatic carbocycles. The first-order chi connectivity index (χ1) is 10.5. The number of sulfonamides is 1. The number of nitrogens with one attached hydrogen (secondary N) is 2. The lowest BCUT2D eigenvalue weighted by molar-refractivity contribution is -0.121. The van der Waals surface area contributed by atoms with E-state index in [9.17, 15) is 18.0 Å². The first kappa shape index (κ1) is 17.4. The van der Waals surface area contributed by atoms with E-state index < -0.39 is 21.5 Å². The van der Waals surface area contributed by atoms with Crippen molar-refractivity contribution in [1.82, 2.24) is 14.9 Å². The number of rotatable bonds is 4. The Morgan fingerprint density at radius 1 is 1.35 bits per heavy atom. The fourth-order valence-electron chi connectivity index (χ4n) is 2.36. The van der Waals surface area contributed by atoms with Crippen LogP contribution in [0.2, 0.25) is 0 Å². The van der Waals surface area contributed by atoms with E-state index in [1.165, 1.54) is 23.1 Å². The topological polar surface area (TPSA) is 95.6 Å². The highest BCUT2D eigenvalue weighted by Gasteiger charge is 2.43. The van der Waals surface area contributed by atoms with Gasteiger partial charge in [0.2, 0.25) is 15.9 Å². The minimum absolute atomic E-state index is 0.0410. The van der Waals surface area contributed by atoms with Gasteiger partial charge in [-0.25, -0.2) is 8.42 Å². The third-order valence-corrected chi connectivity index (χ3v) is 5.25. The summed E-state index contributed by atoms with van der Waals surface area (Å²) in [6, 6.07) is 4.92. The van der Waals surface area contributed by atoms with E-state index >= 15 is 0 Å². The lowest BCUT2D eigenvalue weighted by atomic mass is 9.88. The monoisotopic (exact) mass is 339 g/mol. The molecule has 0 radical (unpaired) electrons. The van der Waals surface area contributed by atoms with Gasteiger partial charge in [0.15, 0.2) is 0 Å². The average molecular weight is 339 g/mol. The zero-order valence-electron chi connectivity index (χ0n) is 13.6. The fourth-order valence-corrected chi connectivity index (χ4v) is 3.78. The predicted octanol–water partition coefficient (Wildman–Crippen LogP) is 0.191. The molecule has 2 rings (SSSR count). The quantitative estimate of drug-likeness (QED) is 0.819. The van der Waals surface area contributed by atoms with Gasteiger partial charge < -0.3 is 10.2 Å². The van der Waals surface area contributed by atoms with Crippen LogP contribution in [0.4, 0.5) is 0 Å². The van der Waals surface area contributed by atoms with Crippen LogP contribution in [-0.4, -0.2) is 51.8 Å². The van der Waals surface area contributed by atoms with Crippen LogP contribution in [0.1, 0.15) is 24.2 Å². The fraction of sp³-hybridized carbons (Fsp3) is 0.467. The molecule has 1 heterocycles. The van der Waals surface area contributed by atoms with E-state index in [0.717, 1.165) is 0 Å². The molecule has 0 aliphatic carbocycles. The summed E-state index contributed by atoms with van der Waals surface area (Å²) in [7, 11) is -0.730. The van der Waals surface area contributed by atoms with Crippen LogP contribution >= 0.6 is 0 Å². The van der Waals surface area contributed by atoms with Gasteiger partial charge in [-0.3, -0.25) is 9.59 Å². The zero-order valence-corrected chi connectivity index (χ0v) is 14.4. The molecule has 0 bridgehead atoms. The second-order valence-corrected chi connectivity index (χ2v) is 8.20. The summed E-state index contributed by atoms with van der Waals surface area (Å²) >= 11 is 0. The molecule has 8 heteroatoms. The summed E-state index contributed by atoms with van der Waals surface area (Å²) in [5.74, 6) is -0.639. The lowest BCUT2D eigenvalue weighted by Crippen LogP contribution is -2.46. The highest BCUT2D eigenvalue weighted by Crippen LogP contribution is 2.26. The van der Waals surface area contributed by atoms with E-state index in [1.807, 2.05) is 13.8 Å². The van der Waals surface area contributed by atoms with E-state index in [1.54, 1.807) is 20.2 Å². The van der Waals surface area contributed by atoms with Gasteiger partial charge in [-0.05, 0) is 18.2 Å². The number of nitrogens with zero attached hydrogens (tertiary/aromatic N) is 1. The van der Waals surface area contributed by atoms with Crippen molar-refractivity contribution in [3.05, 3.63) is 29.8 Å². The summed E-state index contributed by atoms with van der Waals surface area (Å²) in [6.45, 7) is 4.02. The molecule has 1 atom stereocenters. The third-order valence-electron chi connectivity index (χ3n) is 3.83. The number of hydrogen-bond acceptors (Lipinski definition) is 4. The highest BCUT2D eigenvalue weighted by atomic mass is 32.2. The second kappa shape index (κ2) is 5.93. The Morgan fingerprint density at radius 2 is 2.00 bits per heavy atom. The molecule has 23 heavy (non-hydrogen) atoms. The average Bonchev–Trinajstić information content (AvgIpc) is 2.73. The van der Waals surface area contributed by atoms with Gasteiger partial charge in [0.25, 0.3) is 5.91 Å². The molecular weight excluding hydrogens is 318 g/mol. The largest absolute Gasteiger partial charge is 0.354 e. The van der Waals surface area contributed by atoms with Crippen LogP contribution in [0.25, 0.3) is 0 Å². The van der Waals surface area contributed by atoms with Crippen molar-refractivity contribution in [3.63, 3.8) is 0 Å². The highest BCUT2D eigenvalue weighted by molar-refractivity contribution is 7.89. The van der Waals surface area contributed by atoms with Crippen molar-refractivity contribution in [3.8, 4) is 0 Å². The molecule has 0 spiro atoms. The maximum Gasteiger partial charge on any atom is 0.253 e. The van der Waals surface area contributed by atoms with Crippen LogP contribution in [-0.2, 0) is 14.8 Å². The lowest BCUT2D eigenvalue weighted by Gasteiger charge is -2.24. The molecular formula is C15H21N3O4S. The van der Waals surface area contributed by atoms with Gasteiger partial charge in [-0.1, -0.05) is 19.9 Å². The minimum atomic E-state index is -3.91. The van der Waals surface area contributed by atoms with Crippen molar-refractivity contribution < 1.29 is 18.0 Å². The summed E-state index contributed by atoms with van der Waals surface area (Å²) in [6.07, 6.45) is 0. The maximum absolute atomic E-state index is 12.6. The molecule has 7 nitrogen and oxygen atoms in total. The molecule has 0 aromatic heterocycles. The summed E-state index contributed by atoms with van der Waals surface area (Å²) in [5.41, 5.74) is -0.255. The Bertz CT molecular complexity index is 741. The Hall–Kier alpha value is -1.93. The third kappa shape index (κ3) is 3.53. The van der Waals surface area contributed by atoms with Gasteiger partial charge in [0.1, 0.15) is 6.04 Å². The smallest absolute Gasteiger partial charge is 0.253 e. The van der Waals surface area contributed by atoms with Crippen molar-refractivity contribution in [1.29, 1.82) is 0 Å². The van der Waals surface area contributed by atoms with Gasteiger partial charge in [-0.15, -0.1) is 0 Å². The molecule has 1 aromatic rings. The zero-order chi connectivity index (χ0) is 17.4. The number of carbonyl (C=O) groups is 2. The van der Waals surface area contributed by atoms with Crippen LogP contribution in [0, 0.1) is 5.41 Å². The predicted molar refractivity (Wildman–Crippen MR) is 85.4 cm³/mol. The van der Waals surface area contributed by atoms with Gasteiger partial charge in [0, 0.05) is 31.6 Å². The van der Waals surface area contributed by atoms with Gasteiger partial charge >= 0.3 is 0 Å². The SMILES string of the molecule is CN(C)C(=O)c1cccc(S(=O)(=O)NC2C(=O)NCC2(C)C)c1. The standard InChI is InChI=1S/C15H21N3O4S/c1-15(2)9-16-13(19)12(15)17-23(21,22)11-7-5-6-10(8-11)14(20)18(3)4/h5-8,12,17H,9H2,1-4H3,(H,16,19). The first-order valence-electron chi connectivity index (χ1n) is 7.16. The van der Waals surface area contributed by atoms with Crippen LogP contribution < -0.4 is 10.0 Å². The Morgan fingerprint density at radius 3 is 2.52 bits per heavy atom. The molecule has 1 aliphatic rings. The van der Waals surface area contributed by atoms with Crippen LogP contribution in [0.5, 0.6) is 0 Å². The molecule has 1 fully saturated rings. The van der Waals surface area contributed by atoms with Crippen molar-refractivity contribution in [2.45, 2.75) is 24.8 Å². The number of benzene rings is 1. The normalized spacial score (nSPS) is 20.2. The van der Waals surface area contributed by atoms with Crippen molar-refractivity contribution in [2.24, 2.45) is 5.41 Å². The van der Waals surface area contributed by atoms with E-state index in [0.29, 0.717) is 6.54 Å². The molecule has 2 N–H and O–H groups in total. The van der Waals surface area contributed by atoms with Crippen LogP contribution in [0.15, 0.2) is 29.2 Å². The molecule has 2 amide bonds. The Labute approximate surface area is 136 Å². The van der Waals surface area contributed by atoms with E-state index in [2.05, 4.69) is 10.0 Å². The van der Waals surface area contributed by atoms with Crippen molar-refractivity contribution in [2.75, 3.05) is 20.6 Å². The molecule has 0 saturated carbocycles. The molecule has 1 saturated heterocycles. The molecule has 1 aliphatic heterocycles. The number of carbonyl (C=O) groups excluding carboxylic acids is 2. The summed E-state index contributed by atoms with van der Waals surface area (Å²) < 4.78 is 27.5. The second-order valence-electron chi connectivity index (χ2n) is 6.49. The minimum Gasteiger partial charge on any atom is -0.354 e. The van der Waals surface area contributed by atoms with Crippen LogP contribution in [0.3, 0.4) is 0 Å². The maximum atomic E-state index is 12.6. The van der Waals surface area contributed by atoms with Gasteiger partial charge in [-0.2, -0.15) is 4.72 Å². The Balaban J connectivity index is 2.32. The first-order valence-corrected chi connectivity index (χ1v) is 8.65. The summed E-state index contributed by atoms with van der Waals surface area (Å²) in [5, 5.41) is 2.65. The number of hydrogen-bond donors (Lipinski definition) is 2. The van der Waals surface area contributed by atoms with E-state index in [4.69, 9.17) is 0 Å². The van der Waals surface area contributed by atoms with E-state index in [-0.39, 0.29) is 22.3 Å².